The normalized spacial score (nSPS) is 20.6. The van der Waals surface area contributed by atoms with Crippen LogP contribution in [0.5, 0.6) is 0 Å². The number of hydrogen-bond donors (Lipinski definition) is 0. The highest BCUT2D eigenvalue weighted by Crippen LogP contribution is 2.50. The van der Waals surface area contributed by atoms with Crippen molar-refractivity contribution in [2.24, 2.45) is 0 Å². The van der Waals surface area contributed by atoms with Gasteiger partial charge in [0.25, 0.3) is 0 Å². The van der Waals surface area contributed by atoms with Gasteiger partial charge in [-0.2, -0.15) is 0 Å². The maximum absolute atomic E-state index is 13.6. The number of fused-ring (bicyclic) bond motifs is 2. The maximum Gasteiger partial charge on any atom is 0.140 e. The van der Waals surface area contributed by atoms with Crippen molar-refractivity contribution < 1.29 is 4.57 Å². The van der Waals surface area contributed by atoms with E-state index in [9.17, 15) is 4.57 Å². The molecule has 0 saturated carbocycles. The number of benzene rings is 3. The molecule has 0 N–H and O–H groups in total. The molecular formula is C22H20ClOP. The van der Waals surface area contributed by atoms with Crippen LogP contribution in [0.1, 0.15) is 25.0 Å². The van der Waals surface area contributed by atoms with Crippen LogP contribution in [0.15, 0.2) is 66.7 Å². The molecule has 1 atom stereocenters. The lowest BCUT2D eigenvalue weighted by Gasteiger charge is -2.38. The van der Waals surface area contributed by atoms with Crippen LogP contribution in [0.4, 0.5) is 0 Å². The topological polar surface area (TPSA) is 17.1 Å². The fourth-order valence-corrected chi connectivity index (χ4v) is 6.70. The van der Waals surface area contributed by atoms with E-state index in [0.29, 0.717) is 0 Å². The lowest BCUT2D eigenvalue weighted by atomic mass is 9.77. The van der Waals surface area contributed by atoms with E-state index in [4.69, 9.17) is 11.6 Å². The van der Waals surface area contributed by atoms with Gasteiger partial charge in [0.05, 0.1) is 0 Å². The van der Waals surface area contributed by atoms with Crippen LogP contribution < -0.4 is 10.6 Å². The first-order valence-corrected chi connectivity index (χ1v) is 10.9. The summed E-state index contributed by atoms with van der Waals surface area (Å²) in [6.07, 6.45) is 0. The van der Waals surface area contributed by atoms with E-state index in [1.807, 2.05) is 49.1 Å². The Bertz CT molecular complexity index is 1040. The van der Waals surface area contributed by atoms with Gasteiger partial charge in [-0.1, -0.05) is 74.0 Å². The molecule has 0 spiro atoms. The number of rotatable bonds is 1. The Labute approximate surface area is 154 Å². The highest BCUT2D eigenvalue weighted by Gasteiger charge is 2.41. The zero-order valence-electron chi connectivity index (χ0n) is 14.6. The van der Waals surface area contributed by atoms with Gasteiger partial charge in [0.2, 0.25) is 0 Å². The lowest BCUT2D eigenvalue weighted by molar-refractivity contribution is 0.584. The molecule has 0 saturated heterocycles. The van der Waals surface area contributed by atoms with Gasteiger partial charge in [-0.15, -0.1) is 0 Å². The van der Waals surface area contributed by atoms with Gasteiger partial charge in [-0.05, 0) is 47.1 Å². The molecule has 1 aliphatic rings. The monoisotopic (exact) mass is 366 g/mol. The molecule has 0 bridgehead atoms. The Kier molecular flexibility index (Phi) is 3.72. The zero-order chi connectivity index (χ0) is 17.8. The van der Waals surface area contributed by atoms with Crippen molar-refractivity contribution in [3.63, 3.8) is 0 Å². The Balaban J connectivity index is 1.99. The molecule has 126 valence electrons. The van der Waals surface area contributed by atoms with Crippen molar-refractivity contribution in [3.05, 3.63) is 82.9 Å². The predicted octanol–water partition coefficient (Wildman–Crippen LogP) is 5.59. The molecule has 0 aliphatic carbocycles. The summed E-state index contributed by atoms with van der Waals surface area (Å²) in [6.45, 7) is 6.32. The smallest absolute Gasteiger partial charge is 0.140 e. The van der Waals surface area contributed by atoms with E-state index in [0.717, 1.165) is 37.9 Å². The van der Waals surface area contributed by atoms with E-state index in [-0.39, 0.29) is 5.41 Å². The summed E-state index contributed by atoms with van der Waals surface area (Å²) < 4.78 is 13.6. The second-order valence-corrected chi connectivity index (χ2v) is 10.6. The molecule has 3 heteroatoms. The highest BCUT2D eigenvalue weighted by atomic mass is 35.5. The van der Waals surface area contributed by atoms with Gasteiger partial charge in [-0.3, -0.25) is 0 Å². The summed E-state index contributed by atoms with van der Waals surface area (Å²) in [5, 5.41) is 2.69. The summed E-state index contributed by atoms with van der Waals surface area (Å²) in [5.41, 5.74) is 4.31. The third-order valence-corrected chi connectivity index (χ3v) is 8.18. The predicted molar refractivity (Wildman–Crippen MR) is 108 cm³/mol. The Morgan fingerprint density at radius 3 is 2.24 bits per heavy atom. The van der Waals surface area contributed by atoms with Crippen molar-refractivity contribution in [1.29, 1.82) is 0 Å². The standard InChI is InChI=1S/C22H20ClOP/c1-22(2)18-9-4-5-10-20(18)25(3,24)21-12-11-16(14-19(21)22)15-7-6-8-17(23)13-15/h4-14H,1-3H3. The van der Waals surface area contributed by atoms with Crippen LogP contribution in [0.25, 0.3) is 11.1 Å². The molecule has 1 nitrogen and oxygen atoms in total. The van der Waals surface area contributed by atoms with Crippen LogP contribution in [0, 0.1) is 0 Å². The molecule has 0 aromatic heterocycles. The van der Waals surface area contributed by atoms with Crippen molar-refractivity contribution in [2.45, 2.75) is 19.3 Å². The molecule has 3 aromatic carbocycles. The molecule has 0 radical (unpaired) electrons. The minimum Gasteiger partial charge on any atom is -0.314 e. The molecule has 1 unspecified atom stereocenters. The fourth-order valence-electron chi connectivity index (χ4n) is 3.91. The van der Waals surface area contributed by atoms with E-state index in [2.05, 4.69) is 38.1 Å². The van der Waals surface area contributed by atoms with Crippen molar-refractivity contribution in [3.8, 4) is 11.1 Å². The van der Waals surface area contributed by atoms with Crippen LogP contribution in [0.3, 0.4) is 0 Å². The van der Waals surface area contributed by atoms with Crippen molar-refractivity contribution >= 4 is 29.4 Å². The Morgan fingerprint density at radius 1 is 0.800 bits per heavy atom. The summed E-state index contributed by atoms with van der Waals surface area (Å²) in [4.78, 5) is 0. The lowest BCUT2D eigenvalue weighted by Crippen LogP contribution is -2.39. The third kappa shape index (κ3) is 2.49. The quantitative estimate of drug-likeness (QED) is 0.513. The van der Waals surface area contributed by atoms with Crippen LogP contribution in [-0.4, -0.2) is 6.66 Å². The molecule has 4 rings (SSSR count). The minimum absolute atomic E-state index is 0.190. The number of hydrogen-bond acceptors (Lipinski definition) is 1. The fraction of sp³-hybridized carbons (Fsp3) is 0.182. The first kappa shape index (κ1) is 16.6. The Hall–Kier alpha value is -1.82. The molecular weight excluding hydrogens is 347 g/mol. The molecule has 0 fully saturated rings. The Morgan fingerprint density at radius 2 is 1.48 bits per heavy atom. The first-order valence-electron chi connectivity index (χ1n) is 8.40. The van der Waals surface area contributed by atoms with Crippen LogP contribution in [-0.2, 0) is 9.98 Å². The summed E-state index contributed by atoms with van der Waals surface area (Å²) >= 11 is 6.16. The van der Waals surface area contributed by atoms with Gasteiger partial charge < -0.3 is 4.57 Å². The SMILES string of the molecule is CC1(C)c2ccccc2P(C)(=O)c2ccc(-c3cccc(Cl)c3)cc21. The molecule has 1 heterocycles. The van der Waals surface area contributed by atoms with E-state index < -0.39 is 7.14 Å². The summed E-state index contributed by atoms with van der Waals surface area (Å²) in [6, 6.07) is 22.3. The number of halogens is 1. The molecule has 1 aliphatic heterocycles. The second-order valence-electron chi connectivity index (χ2n) is 7.31. The van der Waals surface area contributed by atoms with Gasteiger partial charge in [0.1, 0.15) is 7.14 Å². The second kappa shape index (κ2) is 5.59. The van der Waals surface area contributed by atoms with Crippen molar-refractivity contribution in [2.75, 3.05) is 6.66 Å². The minimum atomic E-state index is -2.59. The summed E-state index contributed by atoms with van der Waals surface area (Å²) in [7, 11) is -2.59. The molecule has 25 heavy (non-hydrogen) atoms. The first-order chi connectivity index (χ1) is 11.8. The zero-order valence-corrected chi connectivity index (χ0v) is 16.2. The summed E-state index contributed by atoms with van der Waals surface area (Å²) in [5.74, 6) is 0. The highest BCUT2D eigenvalue weighted by molar-refractivity contribution is 7.78. The van der Waals surface area contributed by atoms with Gasteiger partial charge >= 0.3 is 0 Å². The van der Waals surface area contributed by atoms with Crippen LogP contribution in [0.2, 0.25) is 5.02 Å². The molecule has 3 aromatic rings. The van der Waals surface area contributed by atoms with Crippen molar-refractivity contribution in [1.82, 2.24) is 0 Å². The van der Waals surface area contributed by atoms with Gasteiger partial charge in [0, 0.05) is 21.0 Å². The average molecular weight is 367 g/mol. The maximum atomic E-state index is 13.6. The van der Waals surface area contributed by atoms with Crippen LogP contribution >= 0.6 is 18.7 Å². The largest absolute Gasteiger partial charge is 0.314 e. The third-order valence-electron chi connectivity index (χ3n) is 5.32. The van der Waals surface area contributed by atoms with E-state index in [1.165, 1.54) is 0 Å². The van der Waals surface area contributed by atoms with Gasteiger partial charge in [0.15, 0.2) is 0 Å². The average Bonchev–Trinajstić information content (AvgIpc) is 2.60. The van der Waals surface area contributed by atoms with Gasteiger partial charge in [-0.25, -0.2) is 0 Å². The van der Waals surface area contributed by atoms with E-state index >= 15 is 0 Å². The van der Waals surface area contributed by atoms with E-state index in [1.54, 1.807) is 0 Å². The molecule has 0 amide bonds.